The largest absolute Gasteiger partial charge is 0.444 e. The molecule has 10 heteroatoms. The van der Waals surface area contributed by atoms with Crippen LogP contribution in [0.2, 0.25) is 0 Å². The number of benzene rings is 1. The van der Waals surface area contributed by atoms with Crippen molar-refractivity contribution < 1.29 is 22.9 Å². The van der Waals surface area contributed by atoms with Crippen molar-refractivity contribution >= 4 is 21.8 Å². The molecule has 3 saturated carbocycles. The number of ether oxygens (including phenoxy) is 1. The van der Waals surface area contributed by atoms with Crippen LogP contribution < -0.4 is 5.32 Å². The van der Waals surface area contributed by atoms with E-state index in [0.29, 0.717) is 36.5 Å². The smallest absolute Gasteiger partial charge is 0.407 e. The molecule has 0 radical (unpaired) electrons. The Balaban J connectivity index is 1.34. The van der Waals surface area contributed by atoms with Gasteiger partial charge in [0.1, 0.15) is 5.60 Å². The summed E-state index contributed by atoms with van der Waals surface area (Å²) in [5.41, 5.74) is 0.752. The van der Waals surface area contributed by atoms with Gasteiger partial charge in [-0.25, -0.2) is 13.2 Å². The number of nitro groups is 1. The highest BCUT2D eigenvalue weighted by Crippen LogP contribution is 2.67. The summed E-state index contributed by atoms with van der Waals surface area (Å²) in [5, 5.41) is 14.7. The molecule has 0 spiro atoms. The summed E-state index contributed by atoms with van der Waals surface area (Å²) < 4.78 is 35.6. The summed E-state index contributed by atoms with van der Waals surface area (Å²) in [6.45, 7) is 18.0. The van der Waals surface area contributed by atoms with Gasteiger partial charge in [0.25, 0.3) is 5.69 Å². The number of carbonyl (C=O) groups excluding carboxylic acids is 1. The lowest BCUT2D eigenvalue weighted by molar-refractivity contribution is -0.387. The molecule has 9 nitrogen and oxygen atoms in total. The van der Waals surface area contributed by atoms with E-state index in [0.717, 1.165) is 36.5 Å². The number of nitro benzene ring substituents is 1. The van der Waals surface area contributed by atoms with Crippen LogP contribution in [-0.2, 0) is 14.8 Å². The van der Waals surface area contributed by atoms with E-state index < -0.39 is 32.3 Å². The molecule has 4 unspecified atom stereocenters. The third-order valence-electron chi connectivity index (χ3n) is 13.6. The van der Waals surface area contributed by atoms with Gasteiger partial charge in [0.15, 0.2) is 4.90 Å². The van der Waals surface area contributed by atoms with E-state index in [4.69, 9.17) is 4.74 Å². The highest BCUT2D eigenvalue weighted by Gasteiger charge is 2.59. The molecule has 0 heterocycles. The Morgan fingerprint density at radius 1 is 1.04 bits per heavy atom. The van der Waals surface area contributed by atoms with Crippen molar-refractivity contribution in [1.29, 1.82) is 0 Å². The normalized spacial score (nSPS) is 31.3. The molecule has 4 aliphatic carbocycles. The minimum absolute atomic E-state index is 0.0359. The Bertz CT molecular complexity index is 1550. The number of hydrogen-bond acceptors (Lipinski definition) is 6. The average Bonchev–Trinajstić information content (AvgIpc) is 3.40. The zero-order valence-electron chi connectivity index (χ0n) is 32.6. The van der Waals surface area contributed by atoms with E-state index in [9.17, 15) is 23.3 Å². The first-order valence-corrected chi connectivity index (χ1v) is 21.2. The van der Waals surface area contributed by atoms with Gasteiger partial charge >= 0.3 is 6.09 Å². The third-order valence-corrected chi connectivity index (χ3v) is 15.6. The van der Waals surface area contributed by atoms with Gasteiger partial charge in [-0.2, -0.15) is 4.31 Å². The van der Waals surface area contributed by atoms with Gasteiger partial charge in [-0.15, -0.1) is 0 Å². The summed E-state index contributed by atoms with van der Waals surface area (Å²) in [6, 6.07) is 5.32. The molecule has 1 N–H and O–H groups in total. The predicted molar refractivity (Wildman–Crippen MR) is 203 cm³/mol. The van der Waals surface area contributed by atoms with Crippen molar-refractivity contribution in [3.8, 4) is 0 Å². The van der Waals surface area contributed by atoms with E-state index in [2.05, 4.69) is 46.0 Å². The molecule has 3 fully saturated rings. The average molecular weight is 730 g/mol. The lowest BCUT2D eigenvalue weighted by Gasteiger charge is -2.59. The number of allylic oxidation sites excluding steroid dienone is 1. The van der Waals surface area contributed by atoms with Gasteiger partial charge in [-0.1, -0.05) is 77.7 Å². The zero-order valence-corrected chi connectivity index (χ0v) is 33.4. The SMILES string of the molecule is CC(C)CCC[C@@H](C)[C@H]1CCC2C3CC=C4CC([16N](CCCNC(=O)OC(C)(C)C)S(=O)(=O)c5ccccc5[N+](=O)[O-])CC[C@]4(C)C3CC[C@@]21C. The number of sulfonamides is 1. The number of alkyl carbamates (subject to hydrolysis) is 1. The number of carbonyl (C=O) groups is 1. The number of hydrogen-bond donors (Lipinski definition) is 1. The first-order valence-electron chi connectivity index (χ1n) is 19.8. The van der Waals surface area contributed by atoms with E-state index in [1.807, 2.05) is 0 Å². The lowest BCUT2D eigenvalue weighted by Crippen LogP contribution is -2.53. The molecule has 51 heavy (non-hydrogen) atoms. The van der Waals surface area contributed by atoms with Crippen LogP contribution in [0.15, 0.2) is 40.8 Å². The highest BCUT2D eigenvalue weighted by molar-refractivity contribution is 7.89. The molecule has 0 saturated heterocycles. The summed E-state index contributed by atoms with van der Waals surface area (Å²) in [7, 11) is -4.21. The van der Waals surface area contributed by atoms with Crippen LogP contribution in [-0.4, -0.2) is 48.5 Å². The number of fused-ring (bicyclic) bond motifs is 5. The van der Waals surface area contributed by atoms with E-state index in [1.54, 1.807) is 26.8 Å². The first kappa shape index (κ1) is 39.7. The molecular weight excluding hydrogens is 665 g/mol. The number of rotatable bonds is 13. The Morgan fingerprint density at radius 2 is 1.76 bits per heavy atom. The van der Waals surface area contributed by atoms with Crippen molar-refractivity contribution in [2.75, 3.05) is 13.1 Å². The Hall–Kier alpha value is -2.46. The van der Waals surface area contributed by atoms with Gasteiger partial charge < -0.3 is 10.1 Å². The van der Waals surface area contributed by atoms with Gasteiger partial charge in [0.05, 0.1) is 4.92 Å². The fraction of sp³-hybridized carbons (Fsp3) is 0.780. The van der Waals surface area contributed by atoms with Crippen LogP contribution >= 0.6 is 0 Å². The van der Waals surface area contributed by atoms with Crippen molar-refractivity contribution in [3.05, 3.63) is 46.0 Å². The molecule has 286 valence electrons. The monoisotopic (exact) mass is 729 g/mol. The molecule has 0 aliphatic heterocycles. The quantitative estimate of drug-likeness (QED) is 0.0935. The molecule has 1 amide bonds. The maximum absolute atomic E-state index is 14.4. The molecular formula is C41H65N3O6S. The van der Waals surface area contributed by atoms with Crippen LogP contribution in [0.5, 0.6) is 0 Å². The lowest BCUT2D eigenvalue weighted by atomic mass is 9.47. The minimum Gasteiger partial charge on any atom is -0.444 e. The number of para-hydroxylation sites is 1. The molecule has 0 aromatic heterocycles. The number of nitrogens with one attached hydrogen (secondary N) is 1. The predicted octanol–water partition coefficient (Wildman–Crippen LogP) is 9.91. The van der Waals surface area contributed by atoms with E-state index in [1.165, 1.54) is 73.0 Å². The second kappa shape index (κ2) is 15.5. The Morgan fingerprint density at radius 3 is 2.45 bits per heavy atom. The fourth-order valence-corrected chi connectivity index (χ4v) is 13.0. The van der Waals surface area contributed by atoms with Crippen LogP contribution in [0.3, 0.4) is 0 Å². The van der Waals surface area contributed by atoms with Crippen molar-refractivity contribution in [1.82, 2.24) is 9.62 Å². The topological polar surface area (TPSA) is 119 Å². The van der Waals surface area contributed by atoms with Crippen molar-refractivity contribution in [3.63, 3.8) is 0 Å². The van der Waals surface area contributed by atoms with Gasteiger partial charge in [0.2, 0.25) is 10.0 Å². The maximum atomic E-state index is 14.4. The molecule has 5 rings (SSSR count). The summed E-state index contributed by atoms with van der Waals surface area (Å²) in [5.74, 6) is 4.36. The third kappa shape index (κ3) is 8.37. The van der Waals surface area contributed by atoms with Crippen molar-refractivity contribution in [2.24, 2.45) is 46.3 Å². The Kier molecular flexibility index (Phi) is 12.1. The highest BCUT2D eigenvalue weighted by atomic mass is 32.2. The zero-order chi connectivity index (χ0) is 37.4. The second-order valence-corrected chi connectivity index (χ2v) is 20.2. The molecule has 4 aliphatic rings. The van der Waals surface area contributed by atoms with E-state index >= 15 is 0 Å². The van der Waals surface area contributed by atoms with Crippen molar-refractivity contribution in [2.45, 2.75) is 149 Å². The molecule has 1 aromatic carbocycles. The maximum Gasteiger partial charge on any atom is 0.407 e. The Labute approximate surface area is 307 Å². The summed E-state index contributed by atoms with van der Waals surface area (Å²) in [4.78, 5) is 23.4. The van der Waals surface area contributed by atoms with E-state index in [-0.39, 0.29) is 29.4 Å². The summed E-state index contributed by atoms with van der Waals surface area (Å²) in [6.07, 6.45) is 14.8. The van der Waals surface area contributed by atoms with Gasteiger partial charge in [-0.05, 0) is 131 Å². The van der Waals surface area contributed by atoms with Crippen LogP contribution in [0.25, 0.3) is 0 Å². The second-order valence-electron chi connectivity index (χ2n) is 18.3. The van der Waals surface area contributed by atoms with Crippen LogP contribution in [0.1, 0.15) is 132 Å². The standard InChI is InChI=1S/C41H65N3O6S/c1-28(2)13-11-14-29(3)33-19-20-34-32-18-17-30-27-31(21-23-40(30,7)35(32)22-24-41(33,34)8)43(26-12-25-42-38(45)50-39(4,5)6)51(48,49)37-16-10-9-15-36(37)44(46)47/h9-10,15-17,28-29,31-35H,11-14,18-27H2,1-8H3,(H,42,45)/t29-,31?,32?,33-,34?,35?,40+,41-/m1/s1/i43+2. The number of nitrogens with zero attached hydrogens (tertiary/aromatic N) is 2. The first-order chi connectivity index (χ1) is 23.9. The molecule has 8 atom stereocenters. The van der Waals surface area contributed by atoms with Gasteiger partial charge in [-0.3, -0.25) is 10.1 Å². The fourth-order valence-electron chi connectivity index (χ4n) is 11.1. The van der Waals surface area contributed by atoms with Crippen LogP contribution in [0, 0.1) is 56.5 Å². The number of amides is 1. The molecule has 0 bridgehead atoms. The van der Waals surface area contributed by atoms with Crippen LogP contribution in [0.4, 0.5) is 10.5 Å². The minimum atomic E-state index is -4.21. The van der Waals surface area contributed by atoms with Gasteiger partial charge in [0, 0.05) is 25.2 Å². The molecule has 1 aromatic rings. The summed E-state index contributed by atoms with van der Waals surface area (Å²) >= 11 is 0.